The lowest BCUT2D eigenvalue weighted by Gasteiger charge is -2.47. The Morgan fingerprint density at radius 3 is 3.08 bits per heavy atom. The van der Waals surface area contributed by atoms with E-state index < -0.39 is 0 Å². The number of carbonyl (C=O) groups is 1. The molecular weight excluding hydrogens is 308 g/mol. The molecule has 1 aromatic heterocycles. The third-order valence-corrected chi connectivity index (χ3v) is 5.64. The minimum atomic E-state index is -0.106. The summed E-state index contributed by atoms with van der Waals surface area (Å²) in [6.45, 7) is 1.37. The Morgan fingerprint density at radius 1 is 1.42 bits per heavy atom. The van der Waals surface area contributed by atoms with Crippen molar-refractivity contribution in [3.05, 3.63) is 22.9 Å². The fourth-order valence-corrected chi connectivity index (χ4v) is 4.43. The molecule has 4 atom stereocenters. The Balaban J connectivity index is 1.54. The van der Waals surface area contributed by atoms with Crippen LogP contribution in [0.1, 0.15) is 34.5 Å². The Bertz CT molecular complexity index is 648. The Kier molecular flexibility index (Phi) is 4.18. The number of nitrogens with zero attached hydrogens (tertiary/aromatic N) is 1. The second kappa shape index (κ2) is 6.33. The highest BCUT2D eigenvalue weighted by Crippen LogP contribution is 2.44. The molecule has 2 aliphatic carbocycles. The van der Waals surface area contributed by atoms with Gasteiger partial charge in [-0.1, -0.05) is 0 Å². The molecule has 0 spiro atoms. The van der Waals surface area contributed by atoms with Gasteiger partial charge < -0.3 is 19.5 Å². The lowest BCUT2D eigenvalue weighted by molar-refractivity contribution is -0.0809. The summed E-state index contributed by atoms with van der Waals surface area (Å²) in [6.07, 6.45) is 4.26. The van der Waals surface area contributed by atoms with Crippen molar-refractivity contribution >= 4 is 5.91 Å². The zero-order chi connectivity index (χ0) is 16.7. The van der Waals surface area contributed by atoms with Gasteiger partial charge in [-0.3, -0.25) is 4.79 Å². The number of pyridine rings is 1. The normalized spacial score (nSPS) is 30.4. The van der Waals surface area contributed by atoms with Crippen molar-refractivity contribution in [1.29, 1.82) is 0 Å². The lowest BCUT2D eigenvalue weighted by Crippen LogP contribution is -2.62. The van der Waals surface area contributed by atoms with Gasteiger partial charge in [-0.15, -0.1) is 0 Å². The standard InChI is InChI=1S/C18H24N2O4/c1-22-9-13-15(11-6-7-24-16(11)13)20-17(21)12-8-10-4-3-5-14(10)19-18(12)23-2/h8,11,13,15-16H,3-7,9H2,1-2H3,(H,20,21)/t11-,13-,15-,16-/m0/s1. The van der Waals surface area contributed by atoms with E-state index in [9.17, 15) is 4.79 Å². The minimum Gasteiger partial charge on any atom is -0.480 e. The fourth-order valence-electron chi connectivity index (χ4n) is 4.43. The van der Waals surface area contributed by atoms with Gasteiger partial charge in [0.1, 0.15) is 5.56 Å². The predicted octanol–water partition coefficient (Wildman–Crippen LogP) is 1.36. The molecule has 1 saturated carbocycles. The molecule has 1 aromatic rings. The van der Waals surface area contributed by atoms with Crippen LogP contribution in [0.3, 0.4) is 0 Å². The first kappa shape index (κ1) is 15.8. The maximum Gasteiger partial charge on any atom is 0.257 e. The van der Waals surface area contributed by atoms with Crippen molar-refractivity contribution in [2.24, 2.45) is 11.8 Å². The average Bonchev–Trinajstić information content (AvgIpc) is 3.22. The van der Waals surface area contributed by atoms with Gasteiger partial charge in [0.25, 0.3) is 5.91 Å². The Labute approximate surface area is 141 Å². The molecule has 2 fully saturated rings. The summed E-state index contributed by atoms with van der Waals surface area (Å²) in [6, 6.07) is 2.05. The number of amides is 1. The Hall–Kier alpha value is -1.66. The molecule has 4 rings (SSSR count). The zero-order valence-corrected chi connectivity index (χ0v) is 14.2. The van der Waals surface area contributed by atoms with Gasteiger partial charge in [-0.05, 0) is 37.3 Å². The van der Waals surface area contributed by atoms with Gasteiger partial charge in [0.2, 0.25) is 5.88 Å². The largest absolute Gasteiger partial charge is 0.480 e. The second-order valence-corrected chi connectivity index (χ2v) is 6.91. The second-order valence-electron chi connectivity index (χ2n) is 6.91. The van der Waals surface area contributed by atoms with Crippen molar-refractivity contribution in [2.45, 2.75) is 37.8 Å². The van der Waals surface area contributed by atoms with E-state index >= 15 is 0 Å². The molecule has 1 N–H and O–H groups in total. The van der Waals surface area contributed by atoms with Crippen LogP contribution in [0.15, 0.2) is 6.07 Å². The predicted molar refractivity (Wildman–Crippen MR) is 87.3 cm³/mol. The van der Waals surface area contributed by atoms with Gasteiger partial charge in [0, 0.05) is 37.3 Å². The summed E-state index contributed by atoms with van der Waals surface area (Å²) in [5.41, 5.74) is 2.77. The number of nitrogens with one attached hydrogen (secondary N) is 1. The van der Waals surface area contributed by atoms with E-state index in [1.165, 1.54) is 5.56 Å². The summed E-state index contributed by atoms with van der Waals surface area (Å²) in [5.74, 6) is 0.933. The molecule has 24 heavy (non-hydrogen) atoms. The van der Waals surface area contributed by atoms with Crippen LogP contribution in [0, 0.1) is 11.8 Å². The van der Waals surface area contributed by atoms with Crippen LogP contribution < -0.4 is 10.1 Å². The monoisotopic (exact) mass is 332 g/mol. The van der Waals surface area contributed by atoms with Crippen LogP contribution in [0.25, 0.3) is 0 Å². The summed E-state index contributed by atoms with van der Waals surface area (Å²) < 4.78 is 16.4. The van der Waals surface area contributed by atoms with Gasteiger partial charge >= 0.3 is 0 Å². The molecule has 0 bridgehead atoms. The van der Waals surface area contributed by atoms with Crippen molar-refractivity contribution in [1.82, 2.24) is 10.3 Å². The molecule has 0 aromatic carbocycles. The highest BCUT2D eigenvalue weighted by Gasteiger charge is 2.54. The summed E-state index contributed by atoms with van der Waals surface area (Å²) in [4.78, 5) is 17.4. The Morgan fingerprint density at radius 2 is 2.29 bits per heavy atom. The van der Waals surface area contributed by atoms with E-state index in [1.54, 1.807) is 14.2 Å². The number of aromatic nitrogens is 1. The summed E-state index contributed by atoms with van der Waals surface area (Å²) in [7, 11) is 3.26. The highest BCUT2D eigenvalue weighted by atomic mass is 16.5. The summed E-state index contributed by atoms with van der Waals surface area (Å²) >= 11 is 0. The number of hydrogen-bond acceptors (Lipinski definition) is 5. The molecule has 1 saturated heterocycles. The van der Waals surface area contributed by atoms with Crippen molar-refractivity contribution in [3.8, 4) is 5.88 Å². The highest BCUT2D eigenvalue weighted by molar-refractivity contribution is 5.97. The quantitative estimate of drug-likeness (QED) is 0.882. The van der Waals surface area contributed by atoms with E-state index in [0.29, 0.717) is 24.0 Å². The first-order chi connectivity index (χ1) is 11.7. The number of aryl methyl sites for hydroxylation is 2. The molecule has 0 unspecified atom stereocenters. The number of methoxy groups -OCH3 is 2. The van der Waals surface area contributed by atoms with Gasteiger partial charge in [0.15, 0.2) is 0 Å². The third kappa shape index (κ3) is 2.48. The molecule has 1 aliphatic heterocycles. The first-order valence-corrected chi connectivity index (χ1v) is 8.71. The lowest BCUT2D eigenvalue weighted by atomic mass is 9.67. The SMILES string of the molecule is COC[C@H]1[C@@H](NC(=O)c2cc3c(nc2OC)CCC3)[C@@H]2CCO[C@@H]21. The van der Waals surface area contributed by atoms with Crippen LogP contribution in [-0.4, -0.2) is 50.5 Å². The average molecular weight is 332 g/mol. The first-order valence-electron chi connectivity index (χ1n) is 8.71. The molecule has 130 valence electrons. The van der Waals surface area contributed by atoms with Gasteiger partial charge in [0.05, 0.1) is 19.8 Å². The number of fused-ring (bicyclic) bond motifs is 2. The maximum atomic E-state index is 12.9. The third-order valence-electron chi connectivity index (χ3n) is 5.64. The maximum absolute atomic E-state index is 12.9. The molecule has 2 heterocycles. The minimum absolute atomic E-state index is 0.0999. The fraction of sp³-hybridized carbons (Fsp3) is 0.667. The van der Waals surface area contributed by atoms with Crippen molar-refractivity contribution < 1.29 is 19.0 Å². The van der Waals surface area contributed by atoms with Gasteiger partial charge in [-0.2, -0.15) is 0 Å². The van der Waals surface area contributed by atoms with Crippen molar-refractivity contribution in [3.63, 3.8) is 0 Å². The molecular formula is C18H24N2O4. The smallest absolute Gasteiger partial charge is 0.257 e. The van der Waals surface area contributed by atoms with Crippen LogP contribution >= 0.6 is 0 Å². The topological polar surface area (TPSA) is 69.7 Å². The number of ether oxygens (including phenoxy) is 3. The van der Waals surface area contributed by atoms with Crippen molar-refractivity contribution in [2.75, 3.05) is 27.4 Å². The van der Waals surface area contributed by atoms with Crippen LogP contribution in [0.5, 0.6) is 5.88 Å². The molecule has 6 heteroatoms. The van der Waals surface area contributed by atoms with E-state index in [-0.39, 0.29) is 24.0 Å². The van der Waals surface area contributed by atoms with E-state index in [1.807, 2.05) is 6.07 Å². The molecule has 0 radical (unpaired) electrons. The van der Waals surface area contributed by atoms with Gasteiger partial charge in [-0.25, -0.2) is 4.98 Å². The number of carbonyl (C=O) groups excluding carboxylic acids is 1. The zero-order valence-electron chi connectivity index (χ0n) is 14.2. The molecule has 3 aliphatic rings. The number of rotatable bonds is 5. The van der Waals surface area contributed by atoms with E-state index in [2.05, 4.69) is 10.3 Å². The van der Waals surface area contributed by atoms with E-state index in [0.717, 1.165) is 38.0 Å². The number of hydrogen-bond donors (Lipinski definition) is 1. The summed E-state index contributed by atoms with van der Waals surface area (Å²) in [5, 5.41) is 3.19. The van der Waals surface area contributed by atoms with Crippen LogP contribution in [0.4, 0.5) is 0 Å². The van der Waals surface area contributed by atoms with Crippen LogP contribution in [0.2, 0.25) is 0 Å². The van der Waals surface area contributed by atoms with Crippen LogP contribution in [-0.2, 0) is 22.3 Å². The molecule has 1 amide bonds. The van der Waals surface area contributed by atoms with E-state index in [4.69, 9.17) is 14.2 Å². The molecule has 6 nitrogen and oxygen atoms in total.